The van der Waals surface area contributed by atoms with Crippen molar-refractivity contribution in [3.05, 3.63) is 65.1 Å². The molecule has 140 valence electrons. The molecule has 5 nitrogen and oxygen atoms in total. The van der Waals surface area contributed by atoms with E-state index in [1.165, 1.54) is 5.56 Å². The number of rotatable bonds is 5. The van der Waals surface area contributed by atoms with E-state index in [2.05, 4.69) is 26.7 Å². The number of fused-ring (bicyclic) bond motifs is 1. The third-order valence-electron chi connectivity index (χ3n) is 5.46. The third-order valence-corrected chi connectivity index (χ3v) is 5.87. The predicted molar refractivity (Wildman–Crippen MR) is 108 cm³/mol. The molecule has 1 atom stereocenters. The lowest BCUT2D eigenvalue weighted by Crippen LogP contribution is -2.36. The lowest BCUT2D eigenvalue weighted by atomic mass is 9.81. The molecular weight excluding hydrogens is 360 g/mol. The Bertz CT molecular complexity index is 918. The maximum Gasteiger partial charge on any atom is 0.252 e. The van der Waals surface area contributed by atoms with Crippen LogP contribution in [-0.2, 0) is 0 Å². The minimum atomic E-state index is -0.133. The van der Waals surface area contributed by atoms with Gasteiger partial charge < -0.3 is 15.6 Å². The number of piperidine rings is 1. The first kappa shape index (κ1) is 18.0. The van der Waals surface area contributed by atoms with Crippen molar-refractivity contribution in [2.75, 3.05) is 19.6 Å². The van der Waals surface area contributed by atoms with Crippen LogP contribution in [0.3, 0.4) is 0 Å². The Morgan fingerprint density at radius 2 is 2.11 bits per heavy atom. The molecule has 1 saturated heterocycles. The highest BCUT2D eigenvalue weighted by Crippen LogP contribution is 2.31. The second kappa shape index (κ2) is 8.11. The molecule has 0 radical (unpaired) electrons. The number of carbonyl (C=O) groups is 1. The van der Waals surface area contributed by atoms with Gasteiger partial charge in [-0.15, -0.1) is 0 Å². The Hall–Kier alpha value is -2.37. The molecule has 0 saturated carbocycles. The standard InChI is InChI=1S/C21H23ClN4O/c22-20-16-7-11-25-19(16)4-3-17(20)21(27)26-13-18(14-5-9-23-10-6-14)15-2-1-8-24-12-15/h1-4,7-8,11-12,14,18,23,25H,5-6,9-10,13H2,(H,26,27). The summed E-state index contributed by atoms with van der Waals surface area (Å²) in [5.74, 6) is 0.642. The second-order valence-electron chi connectivity index (χ2n) is 7.06. The SMILES string of the molecule is O=C(NCC(c1cccnc1)C1CCNCC1)c1ccc2[nH]ccc2c1Cl. The molecule has 1 aromatic carbocycles. The Kier molecular flexibility index (Phi) is 5.41. The number of nitrogens with zero attached hydrogens (tertiary/aromatic N) is 1. The van der Waals surface area contributed by atoms with Crippen molar-refractivity contribution >= 4 is 28.4 Å². The summed E-state index contributed by atoms with van der Waals surface area (Å²) < 4.78 is 0. The third kappa shape index (κ3) is 3.84. The molecule has 3 aromatic rings. The lowest BCUT2D eigenvalue weighted by Gasteiger charge is -2.31. The van der Waals surface area contributed by atoms with Gasteiger partial charge in [0.25, 0.3) is 5.91 Å². The minimum absolute atomic E-state index is 0.133. The quantitative estimate of drug-likeness (QED) is 0.629. The number of pyridine rings is 1. The number of halogens is 1. The van der Waals surface area contributed by atoms with Gasteiger partial charge in [-0.2, -0.15) is 0 Å². The summed E-state index contributed by atoms with van der Waals surface area (Å²) in [6.07, 6.45) is 7.73. The number of hydrogen-bond donors (Lipinski definition) is 3. The Morgan fingerprint density at radius 3 is 2.89 bits per heavy atom. The molecular formula is C21H23ClN4O. The number of benzene rings is 1. The molecule has 0 aliphatic carbocycles. The topological polar surface area (TPSA) is 69.8 Å². The molecule has 1 amide bonds. The fourth-order valence-corrected chi connectivity index (χ4v) is 4.28. The van der Waals surface area contributed by atoms with E-state index in [1.54, 1.807) is 12.3 Å². The Balaban J connectivity index is 1.52. The van der Waals surface area contributed by atoms with E-state index in [4.69, 9.17) is 11.6 Å². The molecule has 3 heterocycles. The van der Waals surface area contributed by atoms with Gasteiger partial charge in [-0.25, -0.2) is 0 Å². The van der Waals surface area contributed by atoms with Crippen LogP contribution in [0.25, 0.3) is 10.9 Å². The van der Waals surface area contributed by atoms with Gasteiger partial charge >= 0.3 is 0 Å². The van der Waals surface area contributed by atoms with E-state index in [0.717, 1.165) is 36.8 Å². The van der Waals surface area contributed by atoms with Crippen LogP contribution in [-0.4, -0.2) is 35.5 Å². The highest BCUT2D eigenvalue weighted by molar-refractivity contribution is 6.38. The first-order chi connectivity index (χ1) is 13.2. The molecule has 27 heavy (non-hydrogen) atoms. The smallest absolute Gasteiger partial charge is 0.252 e. The summed E-state index contributed by atoms with van der Waals surface area (Å²) in [6, 6.07) is 9.62. The van der Waals surface area contributed by atoms with Gasteiger partial charge in [-0.3, -0.25) is 9.78 Å². The van der Waals surface area contributed by atoms with Crippen LogP contribution in [0.15, 0.2) is 48.9 Å². The van der Waals surface area contributed by atoms with E-state index in [-0.39, 0.29) is 11.8 Å². The highest BCUT2D eigenvalue weighted by Gasteiger charge is 2.26. The number of amides is 1. The van der Waals surface area contributed by atoms with Crippen molar-refractivity contribution in [3.63, 3.8) is 0 Å². The maximum atomic E-state index is 12.8. The van der Waals surface area contributed by atoms with Crippen molar-refractivity contribution in [3.8, 4) is 0 Å². The van der Waals surface area contributed by atoms with Gasteiger partial charge in [0.1, 0.15) is 0 Å². The van der Waals surface area contributed by atoms with Gasteiger partial charge in [0.05, 0.1) is 10.6 Å². The molecule has 1 aliphatic heterocycles. The van der Waals surface area contributed by atoms with E-state index < -0.39 is 0 Å². The largest absolute Gasteiger partial charge is 0.361 e. The van der Waals surface area contributed by atoms with Crippen LogP contribution in [0.5, 0.6) is 0 Å². The molecule has 1 unspecified atom stereocenters. The van der Waals surface area contributed by atoms with Gasteiger partial charge in [0.15, 0.2) is 0 Å². The summed E-state index contributed by atoms with van der Waals surface area (Å²) in [5, 5.41) is 7.88. The molecule has 2 aromatic heterocycles. The molecule has 3 N–H and O–H groups in total. The van der Waals surface area contributed by atoms with E-state index in [9.17, 15) is 4.79 Å². The number of nitrogens with one attached hydrogen (secondary N) is 3. The fraction of sp³-hybridized carbons (Fsp3) is 0.333. The molecule has 0 spiro atoms. The molecule has 4 rings (SSSR count). The van der Waals surface area contributed by atoms with Crippen molar-refractivity contribution in [1.82, 2.24) is 20.6 Å². The Labute approximate surface area is 163 Å². The van der Waals surface area contributed by atoms with Gasteiger partial charge in [0.2, 0.25) is 0 Å². The second-order valence-corrected chi connectivity index (χ2v) is 7.43. The molecule has 0 bridgehead atoms. The zero-order valence-corrected chi connectivity index (χ0v) is 15.8. The number of carbonyl (C=O) groups excluding carboxylic acids is 1. The summed E-state index contributed by atoms with van der Waals surface area (Å²) in [4.78, 5) is 20.2. The van der Waals surface area contributed by atoms with Gasteiger partial charge in [0, 0.05) is 42.0 Å². The van der Waals surface area contributed by atoms with Crippen molar-refractivity contribution in [1.29, 1.82) is 0 Å². The van der Waals surface area contributed by atoms with E-state index in [1.807, 2.05) is 30.6 Å². The zero-order chi connectivity index (χ0) is 18.6. The summed E-state index contributed by atoms with van der Waals surface area (Å²) in [6.45, 7) is 2.62. The van der Waals surface area contributed by atoms with Crippen LogP contribution < -0.4 is 10.6 Å². The van der Waals surface area contributed by atoms with Crippen molar-refractivity contribution in [2.45, 2.75) is 18.8 Å². The van der Waals surface area contributed by atoms with Crippen LogP contribution in [0.4, 0.5) is 0 Å². The zero-order valence-electron chi connectivity index (χ0n) is 15.0. The first-order valence-corrected chi connectivity index (χ1v) is 9.76. The van der Waals surface area contributed by atoms with Crippen LogP contribution in [0.1, 0.15) is 34.7 Å². The highest BCUT2D eigenvalue weighted by atomic mass is 35.5. The van der Waals surface area contributed by atoms with E-state index in [0.29, 0.717) is 23.0 Å². The minimum Gasteiger partial charge on any atom is -0.361 e. The first-order valence-electron chi connectivity index (χ1n) is 9.38. The molecule has 1 aliphatic rings. The summed E-state index contributed by atoms with van der Waals surface area (Å²) >= 11 is 6.46. The lowest BCUT2D eigenvalue weighted by molar-refractivity contribution is 0.0947. The van der Waals surface area contributed by atoms with Crippen molar-refractivity contribution in [2.24, 2.45) is 5.92 Å². The van der Waals surface area contributed by atoms with E-state index >= 15 is 0 Å². The summed E-state index contributed by atoms with van der Waals surface area (Å²) in [5.41, 5.74) is 2.62. The summed E-state index contributed by atoms with van der Waals surface area (Å²) in [7, 11) is 0. The van der Waals surface area contributed by atoms with Gasteiger partial charge in [-0.05, 0) is 61.7 Å². The molecule has 1 fully saturated rings. The Morgan fingerprint density at radius 1 is 1.26 bits per heavy atom. The average molecular weight is 383 g/mol. The van der Waals surface area contributed by atoms with Crippen LogP contribution >= 0.6 is 11.6 Å². The normalized spacial score (nSPS) is 16.3. The average Bonchev–Trinajstić information content (AvgIpc) is 3.20. The number of hydrogen-bond acceptors (Lipinski definition) is 3. The monoisotopic (exact) mass is 382 g/mol. The van der Waals surface area contributed by atoms with Crippen LogP contribution in [0.2, 0.25) is 5.02 Å². The van der Waals surface area contributed by atoms with Gasteiger partial charge in [-0.1, -0.05) is 17.7 Å². The van der Waals surface area contributed by atoms with Crippen LogP contribution in [0, 0.1) is 5.92 Å². The number of aromatic amines is 1. The maximum absolute atomic E-state index is 12.8. The fourth-order valence-electron chi connectivity index (χ4n) is 3.97. The number of H-pyrrole nitrogens is 1. The number of aromatic nitrogens is 2. The van der Waals surface area contributed by atoms with Crippen molar-refractivity contribution < 1.29 is 4.79 Å². The molecule has 6 heteroatoms. The predicted octanol–water partition coefficient (Wildman–Crippen LogP) is 3.73.